The third kappa shape index (κ3) is 6.95. The molecule has 0 aliphatic heterocycles. The molecule has 0 radical (unpaired) electrons. The van der Waals surface area contributed by atoms with Crippen molar-refractivity contribution in [1.29, 1.82) is 0 Å². The molecule has 0 saturated heterocycles. The van der Waals surface area contributed by atoms with Crippen LogP contribution in [0.1, 0.15) is 54.4 Å². The molecule has 0 aliphatic rings. The molecule has 0 aromatic carbocycles. The van der Waals surface area contributed by atoms with Crippen molar-refractivity contribution < 1.29 is 14.6 Å². The van der Waals surface area contributed by atoms with Crippen LogP contribution >= 0.6 is 11.8 Å². The standard InChI is InChI=1S/C15H31NO3S/c1-7-9-16-15(6,14(18)19-8-2)10-11(3)20-13(5)12(4)17/h11-13,16-17H,7-10H2,1-6H3. The molecule has 0 bridgehead atoms. The highest BCUT2D eigenvalue weighted by Gasteiger charge is 2.36. The van der Waals surface area contributed by atoms with Gasteiger partial charge in [-0.1, -0.05) is 20.8 Å². The quantitative estimate of drug-likeness (QED) is 0.608. The molecule has 4 unspecified atom stereocenters. The maximum absolute atomic E-state index is 12.2. The summed E-state index contributed by atoms with van der Waals surface area (Å²) >= 11 is 1.71. The zero-order valence-corrected chi connectivity index (χ0v) is 14.5. The molecule has 20 heavy (non-hydrogen) atoms. The number of rotatable bonds is 10. The topological polar surface area (TPSA) is 58.6 Å². The Morgan fingerprint density at radius 1 is 1.35 bits per heavy atom. The maximum Gasteiger partial charge on any atom is 0.326 e. The van der Waals surface area contributed by atoms with Gasteiger partial charge in [0.1, 0.15) is 5.54 Å². The highest BCUT2D eigenvalue weighted by Crippen LogP contribution is 2.27. The van der Waals surface area contributed by atoms with E-state index in [0.717, 1.165) is 13.0 Å². The average molecular weight is 305 g/mol. The van der Waals surface area contributed by atoms with Crippen LogP contribution in [-0.2, 0) is 9.53 Å². The summed E-state index contributed by atoms with van der Waals surface area (Å²) in [4.78, 5) is 12.2. The lowest BCUT2D eigenvalue weighted by Crippen LogP contribution is -2.52. The zero-order chi connectivity index (χ0) is 15.8. The SMILES string of the molecule is CCCNC(C)(CC(C)SC(C)C(C)O)C(=O)OCC. The molecule has 0 aromatic rings. The largest absolute Gasteiger partial charge is 0.465 e. The van der Waals surface area contributed by atoms with Crippen molar-refractivity contribution in [3.05, 3.63) is 0 Å². The summed E-state index contributed by atoms with van der Waals surface area (Å²) in [6, 6.07) is 0. The van der Waals surface area contributed by atoms with Crippen LogP contribution in [0.3, 0.4) is 0 Å². The third-order valence-corrected chi connectivity index (χ3v) is 4.77. The van der Waals surface area contributed by atoms with Crippen LogP contribution in [-0.4, -0.2) is 46.4 Å². The van der Waals surface area contributed by atoms with Crippen molar-refractivity contribution in [1.82, 2.24) is 5.32 Å². The predicted molar refractivity (Wildman–Crippen MR) is 86.1 cm³/mol. The van der Waals surface area contributed by atoms with Crippen LogP contribution < -0.4 is 5.32 Å². The summed E-state index contributed by atoms with van der Waals surface area (Å²) in [7, 11) is 0. The van der Waals surface area contributed by atoms with Crippen molar-refractivity contribution >= 4 is 17.7 Å². The fourth-order valence-electron chi connectivity index (χ4n) is 2.02. The summed E-state index contributed by atoms with van der Waals surface area (Å²) in [6.45, 7) is 12.9. The first-order chi connectivity index (χ1) is 9.26. The zero-order valence-electron chi connectivity index (χ0n) is 13.7. The minimum absolute atomic E-state index is 0.155. The number of thioether (sulfide) groups is 1. The molecule has 2 N–H and O–H groups in total. The Labute approximate surface area is 128 Å². The lowest BCUT2D eigenvalue weighted by Gasteiger charge is -2.32. The molecule has 5 heteroatoms. The molecule has 0 aliphatic carbocycles. The van der Waals surface area contributed by atoms with Gasteiger partial charge in [-0.05, 0) is 40.2 Å². The molecular weight excluding hydrogens is 274 g/mol. The number of hydrogen-bond acceptors (Lipinski definition) is 5. The number of hydrogen-bond donors (Lipinski definition) is 2. The number of carbonyl (C=O) groups excluding carboxylic acids is 1. The summed E-state index contributed by atoms with van der Waals surface area (Å²) < 4.78 is 5.20. The van der Waals surface area contributed by atoms with E-state index in [4.69, 9.17) is 4.74 Å². The Balaban J connectivity index is 4.66. The first-order valence-electron chi connectivity index (χ1n) is 7.52. The van der Waals surface area contributed by atoms with E-state index in [2.05, 4.69) is 19.2 Å². The predicted octanol–water partition coefficient (Wildman–Crippen LogP) is 2.59. The van der Waals surface area contributed by atoms with Gasteiger partial charge >= 0.3 is 5.97 Å². The second-order valence-corrected chi connectivity index (χ2v) is 7.40. The van der Waals surface area contributed by atoms with Crippen LogP contribution in [0.5, 0.6) is 0 Å². The van der Waals surface area contributed by atoms with E-state index in [-0.39, 0.29) is 22.6 Å². The lowest BCUT2D eigenvalue weighted by atomic mass is 9.96. The van der Waals surface area contributed by atoms with Crippen molar-refractivity contribution in [2.75, 3.05) is 13.2 Å². The van der Waals surface area contributed by atoms with Crippen LogP contribution in [0.4, 0.5) is 0 Å². The van der Waals surface area contributed by atoms with E-state index < -0.39 is 5.54 Å². The van der Waals surface area contributed by atoms with Gasteiger partial charge in [0.15, 0.2) is 0 Å². The molecule has 0 amide bonds. The summed E-state index contributed by atoms with van der Waals surface area (Å²) in [5.41, 5.74) is -0.656. The van der Waals surface area contributed by atoms with Gasteiger partial charge in [0.05, 0.1) is 12.7 Å². The second kappa shape index (κ2) is 9.64. The maximum atomic E-state index is 12.2. The molecule has 0 saturated carbocycles. The number of nitrogens with one attached hydrogen (secondary N) is 1. The van der Waals surface area contributed by atoms with Crippen LogP contribution in [0, 0.1) is 0 Å². The molecule has 0 rings (SSSR count). The number of esters is 1. The number of aliphatic hydroxyl groups is 1. The van der Waals surface area contributed by atoms with Gasteiger partial charge in [0, 0.05) is 10.5 Å². The Hall–Kier alpha value is -0.260. The van der Waals surface area contributed by atoms with Crippen LogP contribution in [0.15, 0.2) is 0 Å². The Bertz CT molecular complexity index is 286. The highest BCUT2D eigenvalue weighted by atomic mass is 32.2. The Morgan fingerprint density at radius 3 is 2.40 bits per heavy atom. The summed E-state index contributed by atoms with van der Waals surface area (Å²) in [6.07, 6.45) is 1.31. The molecule has 4 atom stereocenters. The second-order valence-electron chi connectivity index (χ2n) is 5.58. The van der Waals surface area contributed by atoms with E-state index in [1.54, 1.807) is 18.7 Å². The first kappa shape index (κ1) is 19.7. The summed E-state index contributed by atoms with van der Waals surface area (Å²) in [5.74, 6) is -0.189. The number of carbonyl (C=O) groups is 1. The summed E-state index contributed by atoms with van der Waals surface area (Å²) in [5, 5.41) is 13.3. The minimum atomic E-state index is -0.656. The Kier molecular flexibility index (Phi) is 9.51. The van der Waals surface area contributed by atoms with E-state index in [9.17, 15) is 9.90 Å². The van der Waals surface area contributed by atoms with E-state index in [1.807, 2.05) is 20.8 Å². The van der Waals surface area contributed by atoms with Crippen LogP contribution in [0.2, 0.25) is 0 Å². The molecule has 0 heterocycles. The third-order valence-electron chi connectivity index (χ3n) is 3.31. The molecule has 4 nitrogen and oxygen atoms in total. The van der Waals surface area contributed by atoms with Gasteiger partial charge in [-0.15, -0.1) is 0 Å². The van der Waals surface area contributed by atoms with Gasteiger partial charge in [0.2, 0.25) is 0 Å². The monoisotopic (exact) mass is 305 g/mol. The van der Waals surface area contributed by atoms with E-state index in [0.29, 0.717) is 13.0 Å². The smallest absolute Gasteiger partial charge is 0.326 e. The van der Waals surface area contributed by atoms with Crippen LogP contribution in [0.25, 0.3) is 0 Å². The normalized spacial score (nSPS) is 18.9. The molecular formula is C15H31NO3S. The molecule has 0 aromatic heterocycles. The molecule has 0 spiro atoms. The highest BCUT2D eigenvalue weighted by molar-refractivity contribution is 8.00. The average Bonchev–Trinajstić information content (AvgIpc) is 2.36. The lowest BCUT2D eigenvalue weighted by molar-refractivity contribution is -0.150. The fourth-order valence-corrected chi connectivity index (χ4v) is 3.41. The van der Waals surface area contributed by atoms with Crippen molar-refractivity contribution in [2.45, 2.75) is 76.5 Å². The number of ether oxygens (including phenoxy) is 1. The molecule has 0 fully saturated rings. The van der Waals surface area contributed by atoms with Gasteiger partial charge in [-0.2, -0.15) is 11.8 Å². The first-order valence-corrected chi connectivity index (χ1v) is 8.46. The van der Waals surface area contributed by atoms with E-state index in [1.165, 1.54) is 0 Å². The van der Waals surface area contributed by atoms with Gasteiger partial charge < -0.3 is 15.2 Å². The fraction of sp³-hybridized carbons (Fsp3) is 0.933. The van der Waals surface area contributed by atoms with Crippen molar-refractivity contribution in [3.63, 3.8) is 0 Å². The van der Waals surface area contributed by atoms with E-state index >= 15 is 0 Å². The van der Waals surface area contributed by atoms with Gasteiger partial charge in [-0.25, -0.2) is 0 Å². The molecule has 120 valence electrons. The van der Waals surface area contributed by atoms with Gasteiger partial charge in [-0.3, -0.25) is 4.79 Å². The Morgan fingerprint density at radius 2 is 1.95 bits per heavy atom. The minimum Gasteiger partial charge on any atom is -0.465 e. The number of aliphatic hydroxyl groups excluding tert-OH is 1. The van der Waals surface area contributed by atoms with Crippen molar-refractivity contribution in [3.8, 4) is 0 Å². The van der Waals surface area contributed by atoms with Crippen molar-refractivity contribution in [2.24, 2.45) is 0 Å². The van der Waals surface area contributed by atoms with Gasteiger partial charge in [0.25, 0.3) is 0 Å².